The summed E-state index contributed by atoms with van der Waals surface area (Å²) in [5.74, 6) is 1.46. The van der Waals surface area contributed by atoms with E-state index < -0.39 is 0 Å². The molecular weight excluding hydrogens is 258 g/mol. The lowest BCUT2D eigenvalue weighted by Gasteiger charge is -2.30. The van der Waals surface area contributed by atoms with E-state index >= 15 is 0 Å². The predicted molar refractivity (Wildman–Crippen MR) is 72.1 cm³/mol. The van der Waals surface area contributed by atoms with Crippen molar-refractivity contribution in [1.82, 2.24) is 15.6 Å². The number of carbonyl (C=O) groups excluding carboxylic acids is 1. The Bertz CT molecular complexity index is 470. The molecule has 2 heterocycles. The maximum absolute atomic E-state index is 11.9. The van der Waals surface area contributed by atoms with Crippen molar-refractivity contribution in [1.29, 1.82) is 0 Å². The maximum atomic E-state index is 11.9. The molecule has 0 aromatic carbocycles. The molecule has 0 unspecified atom stereocenters. The molecular formula is C14H21N3O3. The molecule has 3 rings (SSSR count). The fourth-order valence-electron chi connectivity index (χ4n) is 2.65. The first kappa shape index (κ1) is 13.4. The van der Waals surface area contributed by atoms with Gasteiger partial charge in [-0.2, -0.15) is 0 Å². The Morgan fingerprint density at radius 2 is 2.30 bits per heavy atom. The van der Waals surface area contributed by atoms with E-state index in [1.165, 1.54) is 19.2 Å². The van der Waals surface area contributed by atoms with E-state index in [4.69, 9.17) is 9.15 Å². The minimum atomic E-state index is -0.145. The molecule has 1 saturated carbocycles. The Kier molecular flexibility index (Phi) is 3.91. The largest absolute Gasteiger partial charge is 0.448 e. The van der Waals surface area contributed by atoms with Crippen LogP contribution in [0.2, 0.25) is 0 Å². The molecule has 1 aromatic rings. The molecule has 6 heteroatoms. The normalized spacial score (nSPS) is 26.2. The number of amides is 2. The van der Waals surface area contributed by atoms with Crippen molar-refractivity contribution in [3.63, 3.8) is 0 Å². The quantitative estimate of drug-likeness (QED) is 0.880. The van der Waals surface area contributed by atoms with Gasteiger partial charge in [0.25, 0.3) is 0 Å². The molecule has 110 valence electrons. The molecule has 20 heavy (non-hydrogen) atoms. The number of oxazole rings is 1. The zero-order chi connectivity index (χ0) is 13.9. The summed E-state index contributed by atoms with van der Waals surface area (Å²) in [5, 5.41) is 5.84. The highest BCUT2D eigenvalue weighted by Gasteiger charge is 2.36. The number of ether oxygens (including phenoxy) is 1. The van der Waals surface area contributed by atoms with Crippen molar-refractivity contribution in [2.45, 2.75) is 51.3 Å². The van der Waals surface area contributed by atoms with Gasteiger partial charge in [-0.3, -0.25) is 0 Å². The van der Waals surface area contributed by atoms with Crippen LogP contribution in [0.25, 0.3) is 0 Å². The van der Waals surface area contributed by atoms with Gasteiger partial charge < -0.3 is 19.8 Å². The van der Waals surface area contributed by atoms with Crippen LogP contribution in [-0.2, 0) is 11.3 Å². The van der Waals surface area contributed by atoms with Gasteiger partial charge in [0, 0.05) is 12.6 Å². The maximum Gasteiger partial charge on any atom is 0.315 e. The number of aryl methyl sites for hydroxylation is 1. The average molecular weight is 279 g/mol. The SMILES string of the molecule is Cc1ocnc1CNC(=O)N[C@@H]1CCO[C@H](C2CC2)C1. The van der Waals surface area contributed by atoms with Gasteiger partial charge in [-0.1, -0.05) is 0 Å². The summed E-state index contributed by atoms with van der Waals surface area (Å²) in [5.41, 5.74) is 0.767. The molecule has 2 atom stereocenters. The van der Waals surface area contributed by atoms with Crippen molar-refractivity contribution in [3.05, 3.63) is 17.8 Å². The van der Waals surface area contributed by atoms with Gasteiger partial charge in [-0.05, 0) is 38.5 Å². The van der Waals surface area contributed by atoms with Crippen LogP contribution in [0, 0.1) is 12.8 Å². The van der Waals surface area contributed by atoms with E-state index in [0.29, 0.717) is 12.6 Å². The number of hydrogen-bond donors (Lipinski definition) is 2. The van der Waals surface area contributed by atoms with E-state index in [2.05, 4.69) is 15.6 Å². The number of nitrogens with one attached hydrogen (secondary N) is 2. The van der Waals surface area contributed by atoms with Crippen LogP contribution in [0.4, 0.5) is 4.79 Å². The molecule has 1 aromatic heterocycles. The second-order valence-electron chi connectivity index (χ2n) is 5.65. The van der Waals surface area contributed by atoms with Gasteiger partial charge in [0.15, 0.2) is 6.39 Å². The predicted octanol–water partition coefficient (Wildman–Crippen LogP) is 1.74. The van der Waals surface area contributed by atoms with E-state index in [9.17, 15) is 4.79 Å². The summed E-state index contributed by atoms with van der Waals surface area (Å²) in [6, 6.07) is 0.0709. The van der Waals surface area contributed by atoms with Crippen molar-refractivity contribution < 1.29 is 13.9 Å². The number of rotatable bonds is 4. The Morgan fingerprint density at radius 1 is 1.45 bits per heavy atom. The van der Waals surface area contributed by atoms with Gasteiger partial charge in [-0.25, -0.2) is 9.78 Å². The second-order valence-corrected chi connectivity index (χ2v) is 5.65. The average Bonchev–Trinajstić information content (AvgIpc) is 3.21. The third-order valence-electron chi connectivity index (χ3n) is 4.06. The van der Waals surface area contributed by atoms with E-state index in [1.807, 2.05) is 6.92 Å². The van der Waals surface area contributed by atoms with E-state index in [0.717, 1.165) is 36.8 Å². The van der Waals surface area contributed by atoms with Crippen LogP contribution in [0.15, 0.2) is 10.8 Å². The number of urea groups is 1. The number of carbonyl (C=O) groups is 1. The Labute approximate surface area is 118 Å². The number of hydrogen-bond acceptors (Lipinski definition) is 4. The van der Waals surface area contributed by atoms with Gasteiger partial charge in [0.1, 0.15) is 11.5 Å². The molecule has 0 spiro atoms. The van der Waals surface area contributed by atoms with Crippen molar-refractivity contribution in [2.75, 3.05) is 6.61 Å². The fourth-order valence-corrected chi connectivity index (χ4v) is 2.65. The molecule has 6 nitrogen and oxygen atoms in total. The molecule has 2 N–H and O–H groups in total. The minimum Gasteiger partial charge on any atom is -0.448 e. The first-order valence-electron chi connectivity index (χ1n) is 7.27. The van der Waals surface area contributed by atoms with E-state index in [1.54, 1.807) is 0 Å². The molecule has 0 bridgehead atoms. The molecule has 1 aliphatic carbocycles. The van der Waals surface area contributed by atoms with Crippen LogP contribution in [0.3, 0.4) is 0 Å². The van der Waals surface area contributed by atoms with Gasteiger partial charge in [-0.15, -0.1) is 0 Å². The van der Waals surface area contributed by atoms with Gasteiger partial charge in [0.2, 0.25) is 0 Å². The van der Waals surface area contributed by atoms with Gasteiger partial charge >= 0.3 is 6.03 Å². The van der Waals surface area contributed by atoms with Crippen LogP contribution < -0.4 is 10.6 Å². The Hall–Kier alpha value is -1.56. The summed E-state index contributed by atoms with van der Waals surface area (Å²) >= 11 is 0. The second kappa shape index (κ2) is 5.83. The number of aromatic nitrogens is 1. The van der Waals surface area contributed by atoms with E-state index in [-0.39, 0.29) is 12.1 Å². The van der Waals surface area contributed by atoms with Crippen molar-refractivity contribution >= 4 is 6.03 Å². The van der Waals surface area contributed by atoms with Crippen LogP contribution in [-0.4, -0.2) is 29.8 Å². The lowest BCUT2D eigenvalue weighted by Crippen LogP contribution is -2.46. The monoisotopic (exact) mass is 279 g/mol. The van der Waals surface area contributed by atoms with Crippen molar-refractivity contribution in [2.24, 2.45) is 5.92 Å². The summed E-state index contributed by atoms with van der Waals surface area (Å²) in [6.07, 6.45) is 6.10. The zero-order valence-electron chi connectivity index (χ0n) is 11.7. The van der Waals surface area contributed by atoms with Gasteiger partial charge in [0.05, 0.1) is 12.6 Å². The number of nitrogens with zero attached hydrogens (tertiary/aromatic N) is 1. The zero-order valence-corrected chi connectivity index (χ0v) is 11.7. The third kappa shape index (κ3) is 3.30. The molecule has 2 fully saturated rings. The first-order chi connectivity index (χ1) is 9.72. The first-order valence-corrected chi connectivity index (χ1v) is 7.27. The summed E-state index contributed by atoms with van der Waals surface area (Å²) in [4.78, 5) is 15.9. The lowest BCUT2D eigenvalue weighted by molar-refractivity contribution is -0.00914. The molecule has 1 aliphatic heterocycles. The molecule has 2 aliphatic rings. The highest BCUT2D eigenvalue weighted by Crippen LogP contribution is 2.38. The standard InChI is InChI=1S/C14H21N3O3/c1-9-12(16-8-20-9)7-15-14(18)17-11-4-5-19-13(6-11)10-2-3-10/h8,10-11,13H,2-7H2,1H3,(H2,15,17,18)/t11-,13+/m1/s1. The smallest absolute Gasteiger partial charge is 0.315 e. The molecule has 1 saturated heterocycles. The lowest BCUT2D eigenvalue weighted by atomic mass is 10.0. The Balaban J connectivity index is 1.42. The summed E-state index contributed by atoms with van der Waals surface area (Å²) in [6.45, 7) is 2.97. The minimum absolute atomic E-state index is 0.145. The highest BCUT2D eigenvalue weighted by atomic mass is 16.5. The van der Waals surface area contributed by atoms with Crippen LogP contribution >= 0.6 is 0 Å². The topological polar surface area (TPSA) is 76.4 Å². The fraction of sp³-hybridized carbons (Fsp3) is 0.714. The Morgan fingerprint density at radius 3 is 3.00 bits per heavy atom. The summed E-state index contributed by atoms with van der Waals surface area (Å²) < 4.78 is 10.8. The summed E-state index contributed by atoms with van der Waals surface area (Å²) in [7, 11) is 0. The van der Waals surface area contributed by atoms with Crippen LogP contribution in [0.5, 0.6) is 0 Å². The highest BCUT2D eigenvalue weighted by molar-refractivity contribution is 5.74. The third-order valence-corrected chi connectivity index (χ3v) is 4.06. The molecule has 0 radical (unpaired) electrons. The molecule has 2 amide bonds. The van der Waals surface area contributed by atoms with Crippen LogP contribution in [0.1, 0.15) is 37.1 Å². The van der Waals surface area contributed by atoms with Crippen molar-refractivity contribution in [3.8, 4) is 0 Å².